The lowest BCUT2D eigenvalue weighted by Crippen LogP contribution is -2.48. The minimum atomic E-state index is -1.54. The highest BCUT2D eigenvalue weighted by atomic mass is 32.2. The van der Waals surface area contributed by atoms with Crippen LogP contribution in [0.5, 0.6) is 0 Å². The van der Waals surface area contributed by atoms with E-state index in [9.17, 15) is 15.0 Å². The van der Waals surface area contributed by atoms with Crippen LogP contribution in [0, 0.1) is 0 Å². The fourth-order valence-electron chi connectivity index (χ4n) is 1.16. The average Bonchev–Trinajstić information content (AvgIpc) is 2.75. The zero-order chi connectivity index (χ0) is 12.3. The molecule has 1 heterocycles. The van der Waals surface area contributed by atoms with Gasteiger partial charge in [-0.2, -0.15) is 0 Å². The van der Waals surface area contributed by atoms with Crippen LogP contribution in [0.3, 0.4) is 0 Å². The SMILES string of the molecule is O=C(O)C1=CS[C@H]([C@H](O)[C@H](O)[C@H](O)CO)N1. The van der Waals surface area contributed by atoms with Gasteiger partial charge in [0.25, 0.3) is 0 Å². The van der Waals surface area contributed by atoms with Crippen molar-refractivity contribution in [2.24, 2.45) is 0 Å². The van der Waals surface area contributed by atoms with Crippen molar-refractivity contribution in [2.45, 2.75) is 23.7 Å². The quantitative estimate of drug-likeness (QED) is 0.320. The van der Waals surface area contributed by atoms with Crippen molar-refractivity contribution >= 4 is 17.7 Å². The maximum absolute atomic E-state index is 10.6. The molecule has 4 atom stereocenters. The second-order valence-corrected chi connectivity index (χ2v) is 4.28. The second-order valence-electron chi connectivity index (χ2n) is 3.27. The van der Waals surface area contributed by atoms with Crippen LogP contribution < -0.4 is 5.32 Å². The van der Waals surface area contributed by atoms with E-state index >= 15 is 0 Å². The summed E-state index contributed by atoms with van der Waals surface area (Å²) >= 11 is 0.986. The Kier molecular flexibility index (Phi) is 4.56. The molecule has 1 aliphatic heterocycles. The first-order valence-corrected chi connectivity index (χ1v) is 5.42. The maximum atomic E-state index is 10.6. The number of carboxylic acids is 1. The third kappa shape index (κ3) is 2.86. The van der Waals surface area contributed by atoms with Crippen molar-refractivity contribution in [3.63, 3.8) is 0 Å². The van der Waals surface area contributed by atoms with Gasteiger partial charge in [0, 0.05) is 5.41 Å². The predicted octanol–water partition coefficient (Wildman–Crippen LogP) is -2.35. The molecule has 0 aromatic carbocycles. The summed E-state index contributed by atoms with van der Waals surface area (Å²) in [5.74, 6) is -1.17. The number of aliphatic carboxylic acids is 1. The van der Waals surface area contributed by atoms with Gasteiger partial charge < -0.3 is 30.8 Å². The van der Waals surface area contributed by atoms with Crippen LogP contribution >= 0.6 is 11.8 Å². The largest absolute Gasteiger partial charge is 0.477 e. The molecule has 92 valence electrons. The number of thioether (sulfide) groups is 1. The van der Waals surface area contributed by atoms with Gasteiger partial charge in [-0.3, -0.25) is 0 Å². The number of aliphatic hydroxyl groups excluding tert-OH is 4. The lowest BCUT2D eigenvalue weighted by atomic mass is 10.1. The molecule has 0 aromatic rings. The molecule has 8 heteroatoms. The van der Waals surface area contributed by atoms with Crippen LogP contribution in [0.1, 0.15) is 0 Å². The van der Waals surface area contributed by atoms with Crippen LogP contribution in [0.2, 0.25) is 0 Å². The molecule has 0 saturated carbocycles. The van der Waals surface area contributed by atoms with Crippen LogP contribution in [-0.4, -0.2) is 61.8 Å². The minimum absolute atomic E-state index is 0.0836. The Labute approximate surface area is 95.4 Å². The number of nitrogens with one attached hydrogen (secondary N) is 1. The molecule has 0 saturated heterocycles. The standard InChI is InChI=1S/C8H13NO6S/c10-1-4(11)5(12)6(13)7-9-3(2-16-7)8(14)15/h2,4-7,9-13H,1H2,(H,14,15)/t4-,5-,6-,7-/m1/s1. The Morgan fingerprint density at radius 1 is 1.50 bits per heavy atom. The van der Waals surface area contributed by atoms with E-state index in [0.29, 0.717) is 0 Å². The van der Waals surface area contributed by atoms with Gasteiger partial charge >= 0.3 is 5.97 Å². The summed E-state index contributed by atoms with van der Waals surface area (Å²) < 4.78 is 0. The third-order valence-electron chi connectivity index (χ3n) is 2.10. The molecule has 0 radical (unpaired) electrons. The molecule has 1 rings (SSSR count). The molecule has 0 unspecified atom stereocenters. The van der Waals surface area contributed by atoms with Gasteiger partial charge in [-0.15, -0.1) is 11.8 Å². The van der Waals surface area contributed by atoms with Gasteiger partial charge in [-0.05, 0) is 0 Å². The Bertz CT molecular complexity index is 296. The Balaban J connectivity index is 2.52. The van der Waals surface area contributed by atoms with E-state index < -0.39 is 36.3 Å². The molecule has 0 spiro atoms. The van der Waals surface area contributed by atoms with E-state index in [0.717, 1.165) is 11.8 Å². The molecule has 0 aromatic heterocycles. The first-order valence-electron chi connectivity index (χ1n) is 4.48. The van der Waals surface area contributed by atoms with Crippen molar-refractivity contribution < 1.29 is 30.3 Å². The lowest BCUT2D eigenvalue weighted by Gasteiger charge is -2.26. The summed E-state index contributed by atoms with van der Waals surface area (Å²) in [6, 6.07) is 0. The van der Waals surface area contributed by atoms with Crippen molar-refractivity contribution in [3.05, 3.63) is 11.1 Å². The lowest BCUT2D eigenvalue weighted by molar-refractivity contribution is -0.133. The Morgan fingerprint density at radius 3 is 2.56 bits per heavy atom. The Morgan fingerprint density at radius 2 is 2.12 bits per heavy atom. The monoisotopic (exact) mass is 251 g/mol. The van der Waals surface area contributed by atoms with Gasteiger partial charge in [0.1, 0.15) is 29.4 Å². The molecular formula is C8H13NO6S. The number of hydrogen-bond acceptors (Lipinski definition) is 7. The molecule has 0 fully saturated rings. The molecule has 0 bridgehead atoms. The number of carboxylic acid groups (broad SMARTS) is 1. The summed E-state index contributed by atoms with van der Waals surface area (Å²) in [6.07, 6.45) is -4.40. The van der Waals surface area contributed by atoms with E-state index in [-0.39, 0.29) is 5.70 Å². The van der Waals surface area contributed by atoms with Crippen LogP contribution in [0.25, 0.3) is 0 Å². The summed E-state index contributed by atoms with van der Waals surface area (Å²) in [5.41, 5.74) is -0.0836. The van der Waals surface area contributed by atoms with Crippen LogP contribution in [-0.2, 0) is 4.79 Å². The van der Waals surface area contributed by atoms with Gasteiger partial charge in [-0.25, -0.2) is 4.79 Å². The molecule has 0 aliphatic carbocycles. The van der Waals surface area contributed by atoms with E-state index in [2.05, 4.69) is 5.32 Å². The molecule has 1 aliphatic rings. The van der Waals surface area contributed by atoms with Crippen LogP contribution in [0.15, 0.2) is 11.1 Å². The normalized spacial score (nSPS) is 25.5. The highest BCUT2D eigenvalue weighted by Gasteiger charge is 2.34. The third-order valence-corrected chi connectivity index (χ3v) is 3.16. The molecule has 6 N–H and O–H groups in total. The van der Waals surface area contributed by atoms with Gasteiger partial charge in [0.2, 0.25) is 0 Å². The van der Waals surface area contributed by atoms with E-state index in [1.807, 2.05) is 0 Å². The first kappa shape index (κ1) is 13.3. The van der Waals surface area contributed by atoms with Crippen molar-refractivity contribution in [2.75, 3.05) is 6.61 Å². The number of rotatable bonds is 5. The number of carbonyl (C=O) groups is 1. The summed E-state index contributed by atoms with van der Waals surface area (Å²) in [7, 11) is 0. The van der Waals surface area contributed by atoms with Gasteiger partial charge in [-0.1, -0.05) is 0 Å². The molecule has 16 heavy (non-hydrogen) atoms. The summed E-state index contributed by atoms with van der Waals surface area (Å²) in [4.78, 5) is 10.6. The summed E-state index contributed by atoms with van der Waals surface area (Å²) in [6.45, 7) is -0.686. The fraction of sp³-hybridized carbons (Fsp3) is 0.625. The smallest absolute Gasteiger partial charge is 0.352 e. The minimum Gasteiger partial charge on any atom is -0.477 e. The molecule has 0 amide bonds. The predicted molar refractivity (Wildman–Crippen MR) is 55.3 cm³/mol. The zero-order valence-corrected chi connectivity index (χ0v) is 8.96. The highest BCUT2D eigenvalue weighted by molar-refractivity contribution is 8.03. The van der Waals surface area contributed by atoms with Crippen molar-refractivity contribution in [1.82, 2.24) is 5.32 Å². The van der Waals surface area contributed by atoms with Gasteiger partial charge in [0.15, 0.2) is 0 Å². The fourth-order valence-corrected chi connectivity index (χ4v) is 2.12. The number of aliphatic hydroxyl groups is 4. The molecule has 7 nitrogen and oxygen atoms in total. The van der Waals surface area contributed by atoms with E-state index in [4.69, 9.17) is 15.3 Å². The number of hydrogen-bond donors (Lipinski definition) is 6. The second kappa shape index (κ2) is 5.51. The zero-order valence-electron chi connectivity index (χ0n) is 8.15. The van der Waals surface area contributed by atoms with Crippen molar-refractivity contribution in [3.8, 4) is 0 Å². The Hall–Kier alpha value is -0.800. The van der Waals surface area contributed by atoms with Gasteiger partial charge in [0.05, 0.1) is 6.61 Å². The molecular weight excluding hydrogens is 238 g/mol. The highest BCUT2D eigenvalue weighted by Crippen LogP contribution is 2.25. The topological polar surface area (TPSA) is 130 Å². The van der Waals surface area contributed by atoms with E-state index in [1.54, 1.807) is 0 Å². The average molecular weight is 251 g/mol. The first-order chi connectivity index (χ1) is 7.47. The summed E-state index contributed by atoms with van der Waals surface area (Å²) in [5, 5.41) is 48.3. The van der Waals surface area contributed by atoms with Crippen molar-refractivity contribution in [1.29, 1.82) is 0 Å². The maximum Gasteiger partial charge on any atom is 0.352 e. The van der Waals surface area contributed by atoms with E-state index in [1.165, 1.54) is 5.41 Å². The van der Waals surface area contributed by atoms with Crippen LogP contribution in [0.4, 0.5) is 0 Å².